The van der Waals surface area contributed by atoms with Gasteiger partial charge in [0, 0.05) is 11.1 Å². The molecular formula is C16H18ClNO. The molecule has 100 valence electrons. The minimum absolute atomic E-state index is 0.0627. The van der Waals surface area contributed by atoms with Gasteiger partial charge in [-0.15, -0.1) is 0 Å². The van der Waals surface area contributed by atoms with Crippen molar-refractivity contribution < 1.29 is 4.74 Å². The first-order valence-electron chi connectivity index (χ1n) is 6.25. The Morgan fingerprint density at radius 3 is 2.63 bits per heavy atom. The monoisotopic (exact) mass is 275 g/mol. The molecule has 0 aliphatic rings. The lowest BCUT2D eigenvalue weighted by atomic mass is 9.98. The Balaban J connectivity index is 2.20. The van der Waals surface area contributed by atoms with Gasteiger partial charge in [0.15, 0.2) is 0 Å². The number of rotatable bonds is 4. The molecule has 2 nitrogen and oxygen atoms in total. The van der Waals surface area contributed by atoms with Gasteiger partial charge in [0.2, 0.25) is 0 Å². The van der Waals surface area contributed by atoms with E-state index in [-0.39, 0.29) is 6.04 Å². The standard InChI is InChI=1S/C16H18ClNO/c1-11-9-12(7-8-14(11)17)15(18)10-13-5-3-4-6-16(13)19-2/h3-9,15H,10,18H2,1-2H3. The summed E-state index contributed by atoms with van der Waals surface area (Å²) < 4.78 is 5.35. The average Bonchev–Trinajstić information content (AvgIpc) is 2.42. The molecule has 2 N–H and O–H groups in total. The maximum atomic E-state index is 6.27. The highest BCUT2D eigenvalue weighted by Crippen LogP contribution is 2.25. The highest BCUT2D eigenvalue weighted by molar-refractivity contribution is 6.31. The van der Waals surface area contributed by atoms with Crippen LogP contribution >= 0.6 is 11.6 Å². The number of hydrogen-bond acceptors (Lipinski definition) is 2. The van der Waals surface area contributed by atoms with E-state index in [1.165, 1.54) is 0 Å². The molecular weight excluding hydrogens is 258 g/mol. The van der Waals surface area contributed by atoms with E-state index in [1.54, 1.807) is 7.11 Å². The number of methoxy groups -OCH3 is 1. The third-order valence-electron chi connectivity index (χ3n) is 3.24. The van der Waals surface area contributed by atoms with E-state index in [2.05, 4.69) is 0 Å². The van der Waals surface area contributed by atoms with E-state index in [4.69, 9.17) is 22.1 Å². The van der Waals surface area contributed by atoms with Crippen LogP contribution in [0.4, 0.5) is 0 Å². The van der Waals surface area contributed by atoms with Crippen LogP contribution in [0.3, 0.4) is 0 Å². The van der Waals surface area contributed by atoms with Gasteiger partial charge in [-0.25, -0.2) is 0 Å². The molecule has 0 radical (unpaired) electrons. The largest absolute Gasteiger partial charge is 0.496 e. The smallest absolute Gasteiger partial charge is 0.122 e. The van der Waals surface area contributed by atoms with Crippen LogP contribution in [0.1, 0.15) is 22.7 Å². The maximum Gasteiger partial charge on any atom is 0.122 e. The molecule has 1 atom stereocenters. The van der Waals surface area contributed by atoms with Crippen molar-refractivity contribution >= 4 is 11.6 Å². The summed E-state index contributed by atoms with van der Waals surface area (Å²) in [5, 5.41) is 0.772. The minimum Gasteiger partial charge on any atom is -0.496 e. The number of halogens is 1. The molecule has 2 aromatic rings. The van der Waals surface area contributed by atoms with Crippen molar-refractivity contribution in [3.05, 3.63) is 64.2 Å². The molecule has 0 spiro atoms. The molecule has 0 heterocycles. The second-order valence-corrected chi connectivity index (χ2v) is 5.04. The van der Waals surface area contributed by atoms with Gasteiger partial charge in [-0.2, -0.15) is 0 Å². The van der Waals surface area contributed by atoms with Crippen molar-refractivity contribution in [1.82, 2.24) is 0 Å². The Bertz CT molecular complexity index is 568. The Morgan fingerprint density at radius 1 is 1.21 bits per heavy atom. The third kappa shape index (κ3) is 3.28. The molecule has 0 fully saturated rings. The number of hydrogen-bond donors (Lipinski definition) is 1. The van der Waals surface area contributed by atoms with Crippen molar-refractivity contribution in [3.63, 3.8) is 0 Å². The number of aryl methyl sites for hydroxylation is 1. The fourth-order valence-electron chi connectivity index (χ4n) is 2.12. The van der Waals surface area contributed by atoms with Crippen LogP contribution < -0.4 is 10.5 Å². The van der Waals surface area contributed by atoms with E-state index in [9.17, 15) is 0 Å². The van der Waals surface area contributed by atoms with Crippen LogP contribution in [0.5, 0.6) is 5.75 Å². The second kappa shape index (κ2) is 6.09. The molecule has 3 heteroatoms. The number of para-hydroxylation sites is 1. The maximum absolute atomic E-state index is 6.27. The van der Waals surface area contributed by atoms with Crippen LogP contribution in [0, 0.1) is 6.92 Å². The van der Waals surface area contributed by atoms with Crippen LogP contribution in [0.2, 0.25) is 5.02 Å². The number of ether oxygens (including phenoxy) is 1. The zero-order chi connectivity index (χ0) is 13.8. The third-order valence-corrected chi connectivity index (χ3v) is 3.67. The molecule has 0 amide bonds. The van der Waals surface area contributed by atoms with Gasteiger partial charge >= 0.3 is 0 Å². The lowest BCUT2D eigenvalue weighted by Gasteiger charge is -2.15. The topological polar surface area (TPSA) is 35.2 Å². The van der Waals surface area contributed by atoms with Gasteiger partial charge in [-0.3, -0.25) is 0 Å². The normalized spacial score (nSPS) is 12.2. The second-order valence-electron chi connectivity index (χ2n) is 4.63. The molecule has 0 bridgehead atoms. The molecule has 2 aromatic carbocycles. The van der Waals surface area contributed by atoms with Gasteiger partial charge in [0.1, 0.15) is 5.75 Å². The zero-order valence-corrected chi connectivity index (χ0v) is 11.9. The number of nitrogens with two attached hydrogens (primary N) is 1. The summed E-state index contributed by atoms with van der Waals surface area (Å²) in [6, 6.07) is 13.8. The Kier molecular flexibility index (Phi) is 4.46. The predicted molar refractivity (Wildman–Crippen MR) is 79.8 cm³/mol. The summed E-state index contributed by atoms with van der Waals surface area (Å²) in [6.45, 7) is 1.99. The molecule has 1 unspecified atom stereocenters. The molecule has 0 aromatic heterocycles. The van der Waals surface area contributed by atoms with Crippen molar-refractivity contribution in [1.29, 1.82) is 0 Å². The minimum atomic E-state index is -0.0627. The van der Waals surface area contributed by atoms with E-state index in [0.717, 1.165) is 33.9 Å². The van der Waals surface area contributed by atoms with Crippen LogP contribution in [0.25, 0.3) is 0 Å². The first kappa shape index (κ1) is 13.9. The van der Waals surface area contributed by atoms with Gasteiger partial charge < -0.3 is 10.5 Å². The summed E-state index contributed by atoms with van der Waals surface area (Å²) in [6.07, 6.45) is 0.741. The molecule has 0 aliphatic carbocycles. The summed E-state index contributed by atoms with van der Waals surface area (Å²) in [5.74, 6) is 0.878. The van der Waals surface area contributed by atoms with E-state index in [1.807, 2.05) is 49.4 Å². The first-order valence-corrected chi connectivity index (χ1v) is 6.63. The Labute approximate surface area is 119 Å². The van der Waals surface area contributed by atoms with Crippen LogP contribution in [0.15, 0.2) is 42.5 Å². The van der Waals surface area contributed by atoms with E-state index in [0.29, 0.717) is 0 Å². The van der Waals surface area contributed by atoms with Crippen LogP contribution in [-0.4, -0.2) is 7.11 Å². The predicted octanol–water partition coefficient (Wildman–Crippen LogP) is 3.90. The Hall–Kier alpha value is -1.51. The van der Waals surface area contributed by atoms with Crippen molar-refractivity contribution in [2.45, 2.75) is 19.4 Å². The summed E-state index contributed by atoms with van der Waals surface area (Å²) in [5.41, 5.74) is 9.53. The zero-order valence-electron chi connectivity index (χ0n) is 11.2. The summed E-state index contributed by atoms with van der Waals surface area (Å²) >= 11 is 6.03. The molecule has 0 saturated heterocycles. The van der Waals surface area contributed by atoms with Crippen LogP contribution in [-0.2, 0) is 6.42 Å². The van der Waals surface area contributed by atoms with Gasteiger partial charge in [0.25, 0.3) is 0 Å². The number of benzene rings is 2. The Morgan fingerprint density at radius 2 is 1.95 bits per heavy atom. The SMILES string of the molecule is COc1ccccc1CC(N)c1ccc(Cl)c(C)c1. The fraction of sp³-hybridized carbons (Fsp3) is 0.250. The van der Waals surface area contributed by atoms with E-state index < -0.39 is 0 Å². The lowest BCUT2D eigenvalue weighted by Crippen LogP contribution is -2.14. The van der Waals surface area contributed by atoms with E-state index >= 15 is 0 Å². The quantitative estimate of drug-likeness (QED) is 0.918. The molecule has 2 rings (SSSR count). The molecule has 0 saturated carbocycles. The van der Waals surface area contributed by atoms with Crippen molar-refractivity contribution in [3.8, 4) is 5.75 Å². The molecule has 0 aliphatic heterocycles. The van der Waals surface area contributed by atoms with Gasteiger partial charge in [-0.1, -0.05) is 41.9 Å². The highest BCUT2D eigenvalue weighted by Gasteiger charge is 2.11. The van der Waals surface area contributed by atoms with Crippen molar-refractivity contribution in [2.24, 2.45) is 5.73 Å². The summed E-state index contributed by atoms with van der Waals surface area (Å²) in [4.78, 5) is 0. The summed E-state index contributed by atoms with van der Waals surface area (Å²) in [7, 11) is 1.68. The van der Waals surface area contributed by atoms with Gasteiger partial charge in [0.05, 0.1) is 7.11 Å². The average molecular weight is 276 g/mol. The van der Waals surface area contributed by atoms with Gasteiger partial charge in [-0.05, 0) is 42.2 Å². The molecule has 19 heavy (non-hydrogen) atoms. The first-order chi connectivity index (χ1) is 9.11. The fourth-order valence-corrected chi connectivity index (χ4v) is 2.24. The van der Waals surface area contributed by atoms with Crippen molar-refractivity contribution in [2.75, 3.05) is 7.11 Å². The highest BCUT2D eigenvalue weighted by atomic mass is 35.5. The lowest BCUT2D eigenvalue weighted by molar-refractivity contribution is 0.408.